The van der Waals surface area contributed by atoms with Gasteiger partial charge in [0.15, 0.2) is 6.61 Å². The number of carbonyl (C=O) groups excluding carboxylic acids is 1. The van der Waals surface area contributed by atoms with E-state index in [1.54, 1.807) is 0 Å². The molecule has 1 aromatic carbocycles. The van der Waals surface area contributed by atoms with Crippen molar-refractivity contribution in [2.45, 2.75) is 6.18 Å². The lowest BCUT2D eigenvalue weighted by atomic mass is 10.2. The molecule has 0 aliphatic rings. The molecule has 7 heteroatoms. The van der Waals surface area contributed by atoms with Crippen molar-refractivity contribution < 1.29 is 27.5 Å². The van der Waals surface area contributed by atoms with Gasteiger partial charge in [0.25, 0.3) is 5.91 Å². The minimum atomic E-state index is -4.38. The molecule has 0 spiro atoms. The summed E-state index contributed by atoms with van der Waals surface area (Å²) in [5, 5.41) is 0. The average molecular weight is 249 g/mol. The molecule has 94 valence electrons. The zero-order chi connectivity index (χ0) is 12.9. The molecule has 0 atom stereocenters. The maximum absolute atomic E-state index is 12.2. The van der Waals surface area contributed by atoms with Crippen LogP contribution in [0.15, 0.2) is 24.3 Å². The monoisotopic (exact) mass is 249 g/mol. The predicted octanol–water partition coefficient (Wildman–Crippen LogP) is 1.76. The van der Waals surface area contributed by atoms with Gasteiger partial charge in [-0.05, 0) is 24.3 Å². The molecule has 0 aliphatic carbocycles. The van der Waals surface area contributed by atoms with Crippen LogP contribution in [-0.4, -0.2) is 19.6 Å². The second-order valence-corrected chi connectivity index (χ2v) is 3.04. The number of ether oxygens (including phenoxy) is 1. The van der Waals surface area contributed by atoms with Gasteiger partial charge >= 0.3 is 6.18 Å². The van der Waals surface area contributed by atoms with Crippen LogP contribution in [0, 0.1) is 0 Å². The molecule has 1 N–H and O–H groups in total. The zero-order valence-corrected chi connectivity index (χ0v) is 8.88. The normalized spacial score (nSPS) is 11.1. The van der Waals surface area contributed by atoms with E-state index in [9.17, 15) is 18.0 Å². The Balaban J connectivity index is 2.54. The van der Waals surface area contributed by atoms with Gasteiger partial charge in [-0.3, -0.25) is 9.63 Å². The van der Waals surface area contributed by atoms with E-state index >= 15 is 0 Å². The van der Waals surface area contributed by atoms with Gasteiger partial charge in [-0.15, -0.1) is 0 Å². The smallest absolute Gasteiger partial charge is 0.416 e. The molecule has 0 saturated carbocycles. The third-order valence-corrected chi connectivity index (χ3v) is 1.77. The van der Waals surface area contributed by atoms with Crippen molar-refractivity contribution in [3.63, 3.8) is 0 Å². The summed E-state index contributed by atoms with van der Waals surface area (Å²) < 4.78 is 41.6. The molecule has 0 saturated heterocycles. The number of benzene rings is 1. The largest absolute Gasteiger partial charge is 0.484 e. The number of carbonyl (C=O) groups is 1. The summed E-state index contributed by atoms with van der Waals surface area (Å²) in [7, 11) is 1.26. The first kappa shape index (κ1) is 13.3. The molecular formula is C10H10F3NO3. The van der Waals surface area contributed by atoms with E-state index in [0.29, 0.717) is 0 Å². The minimum absolute atomic E-state index is 0.171. The van der Waals surface area contributed by atoms with Gasteiger partial charge in [-0.2, -0.15) is 13.2 Å². The molecule has 0 aliphatic heterocycles. The topological polar surface area (TPSA) is 47.6 Å². The Hall–Kier alpha value is -1.76. The van der Waals surface area contributed by atoms with Crippen molar-refractivity contribution in [3.8, 4) is 5.75 Å². The summed E-state index contributed by atoms with van der Waals surface area (Å²) in [6, 6.07) is 4.04. The van der Waals surface area contributed by atoms with Crippen LogP contribution in [0.1, 0.15) is 5.56 Å². The van der Waals surface area contributed by atoms with E-state index in [4.69, 9.17) is 4.74 Å². The Morgan fingerprint density at radius 3 is 2.35 bits per heavy atom. The second-order valence-electron chi connectivity index (χ2n) is 3.04. The number of hydroxylamine groups is 1. The first-order chi connectivity index (χ1) is 7.93. The highest BCUT2D eigenvalue weighted by Gasteiger charge is 2.29. The molecule has 0 bridgehead atoms. The number of hydrogen-bond acceptors (Lipinski definition) is 3. The second kappa shape index (κ2) is 5.53. The molecule has 0 radical (unpaired) electrons. The van der Waals surface area contributed by atoms with Crippen LogP contribution in [0.5, 0.6) is 5.75 Å². The summed E-state index contributed by atoms with van der Waals surface area (Å²) in [5.74, 6) is -0.364. The van der Waals surface area contributed by atoms with Gasteiger partial charge in [-0.25, -0.2) is 5.48 Å². The van der Waals surface area contributed by atoms with Crippen molar-refractivity contribution in [3.05, 3.63) is 29.8 Å². The summed E-state index contributed by atoms with van der Waals surface area (Å²) >= 11 is 0. The quantitative estimate of drug-likeness (QED) is 0.827. The molecule has 1 rings (SSSR count). The molecule has 1 aromatic rings. The van der Waals surface area contributed by atoms with E-state index in [1.807, 2.05) is 5.48 Å². The van der Waals surface area contributed by atoms with Crippen molar-refractivity contribution >= 4 is 5.91 Å². The van der Waals surface area contributed by atoms with Crippen LogP contribution in [0.2, 0.25) is 0 Å². The van der Waals surface area contributed by atoms with Crippen LogP contribution in [-0.2, 0) is 15.8 Å². The molecule has 1 amide bonds. The minimum Gasteiger partial charge on any atom is -0.484 e. The Morgan fingerprint density at radius 1 is 1.29 bits per heavy atom. The van der Waals surface area contributed by atoms with Gasteiger partial charge in [0.05, 0.1) is 12.7 Å². The molecule has 0 heterocycles. The van der Waals surface area contributed by atoms with Crippen LogP contribution in [0.4, 0.5) is 13.2 Å². The zero-order valence-electron chi connectivity index (χ0n) is 8.88. The van der Waals surface area contributed by atoms with Gasteiger partial charge in [0, 0.05) is 0 Å². The first-order valence-corrected chi connectivity index (χ1v) is 4.55. The van der Waals surface area contributed by atoms with Crippen LogP contribution in [0.25, 0.3) is 0 Å². The van der Waals surface area contributed by atoms with E-state index < -0.39 is 17.6 Å². The van der Waals surface area contributed by atoms with E-state index in [-0.39, 0.29) is 12.4 Å². The number of halogens is 3. The standard InChI is InChI=1S/C10H10F3NO3/c1-16-14-9(15)6-17-8-4-2-7(3-5-8)10(11,12)13/h2-5H,6H2,1H3,(H,14,15). The summed E-state index contributed by atoms with van der Waals surface area (Å²) in [5.41, 5.74) is 1.24. The van der Waals surface area contributed by atoms with Crippen molar-refractivity contribution in [2.24, 2.45) is 0 Å². The fourth-order valence-corrected chi connectivity index (χ4v) is 1.03. The third kappa shape index (κ3) is 4.31. The summed E-state index contributed by atoms with van der Waals surface area (Å²) in [4.78, 5) is 15.2. The van der Waals surface area contributed by atoms with E-state index in [2.05, 4.69) is 4.84 Å². The average Bonchev–Trinajstić information content (AvgIpc) is 2.26. The molecule has 0 aromatic heterocycles. The molecule has 0 fully saturated rings. The Bertz CT molecular complexity index is 375. The van der Waals surface area contributed by atoms with Crippen molar-refractivity contribution in [1.29, 1.82) is 0 Å². The highest BCUT2D eigenvalue weighted by atomic mass is 19.4. The highest BCUT2D eigenvalue weighted by Crippen LogP contribution is 2.30. The first-order valence-electron chi connectivity index (χ1n) is 4.55. The van der Waals surface area contributed by atoms with Crippen molar-refractivity contribution in [1.82, 2.24) is 5.48 Å². The Kier molecular flexibility index (Phi) is 4.33. The summed E-state index contributed by atoms with van der Waals surface area (Å²) in [6.07, 6.45) is -4.38. The molecule has 0 unspecified atom stereocenters. The molecular weight excluding hydrogens is 239 g/mol. The van der Waals surface area contributed by atoms with E-state index in [0.717, 1.165) is 24.3 Å². The number of hydrogen-bond donors (Lipinski definition) is 1. The van der Waals surface area contributed by atoms with E-state index in [1.165, 1.54) is 7.11 Å². The SMILES string of the molecule is CONC(=O)COc1ccc(C(F)(F)F)cc1. The van der Waals surface area contributed by atoms with Crippen LogP contribution >= 0.6 is 0 Å². The van der Waals surface area contributed by atoms with Gasteiger partial charge in [0.1, 0.15) is 5.75 Å². The number of rotatable bonds is 4. The molecule has 17 heavy (non-hydrogen) atoms. The highest BCUT2D eigenvalue weighted by molar-refractivity contribution is 5.76. The number of alkyl halides is 3. The lowest BCUT2D eigenvalue weighted by molar-refractivity contribution is -0.137. The fourth-order valence-electron chi connectivity index (χ4n) is 1.03. The predicted molar refractivity (Wildman–Crippen MR) is 52.1 cm³/mol. The third-order valence-electron chi connectivity index (χ3n) is 1.77. The van der Waals surface area contributed by atoms with Crippen molar-refractivity contribution in [2.75, 3.05) is 13.7 Å². The van der Waals surface area contributed by atoms with Gasteiger partial charge < -0.3 is 4.74 Å². The van der Waals surface area contributed by atoms with Crippen LogP contribution in [0.3, 0.4) is 0 Å². The Labute approximate surface area is 95.3 Å². The van der Waals surface area contributed by atoms with Crippen LogP contribution < -0.4 is 10.2 Å². The lowest BCUT2D eigenvalue weighted by Crippen LogP contribution is -2.27. The molecule has 4 nitrogen and oxygen atoms in total. The van der Waals surface area contributed by atoms with Gasteiger partial charge in [-0.1, -0.05) is 0 Å². The summed E-state index contributed by atoms with van der Waals surface area (Å²) in [6.45, 7) is -0.334. The number of amides is 1. The number of nitrogens with one attached hydrogen (secondary N) is 1. The fraction of sp³-hybridized carbons (Fsp3) is 0.300. The lowest BCUT2D eigenvalue weighted by Gasteiger charge is -2.08. The maximum atomic E-state index is 12.2. The Morgan fingerprint density at radius 2 is 1.88 bits per heavy atom. The maximum Gasteiger partial charge on any atom is 0.416 e. The van der Waals surface area contributed by atoms with Gasteiger partial charge in [0.2, 0.25) is 0 Å².